The van der Waals surface area contributed by atoms with Gasteiger partial charge in [-0.25, -0.2) is 0 Å². The molecule has 2 unspecified atom stereocenters. The number of nitrogens with one attached hydrogen (secondary N) is 1. The number of rotatable bonds is 3. The quantitative estimate of drug-likeness (QED) is 0.815. The van der Waals surface area contributed by atoms with Gasteiger partial charge in [-0.05, 0) is 43.7 Å². The van der Waals surface area contributed by atoms with Crippen LogP contribution in [0.1, 0.15) is 57.2 Å². The maximum absolute atomic E-state index is 5.45. The van der Waals surface area contributed by atoms with Crippen molar-refractivity contribution in [2.24, 2.45) is 0 Å². The van der Waals surface area contributed by atoms with Gasteiger partial charge in [-0.2, -0.15) is 11.8 Å². The predicted octanol–water partition coefficient (Wildman–Crippen LogP) is 4.52. The Hall–Kier alpha value is -0.220. The van der Waals surface area contributed by atoms with E-state index in [4.69, 9.17) is 12.2 Å². The summed E-state index contributed by atoms with van der Waals surface area (Å²) in [5.74, 6) is 0.539. The second kappa shape index (κ2) is 5.61. The van der Waals surface area contributed by atoms with E-state index in [1.54, 1.807) is 0 Å². The highest BCUT2D eigenvalue weighted by Gasteiger charge is 2.25. The first-order valence-corrected chi connectivity index (χ1v) is 8.15. The molecule has 0 aliphatic heterocycles. The first kappa shape index (κ1) is 13.2. The minimum atomic E-state index is 0.539. The van der Waals surface area contributed by atoms with Crippen molar-refractivity contribution < 1.29 is 0 Å². The number of aromatic amines is 1. The van der Waals surface area contributed by atoms with Crippen molar-refractivity contribution in [3.63, 3.8) is 0 Å². The lowest BCUT2D eigenvalue weighted by molar-refractivity contribution is 0.348. The molecule has 1 heterocycles. The molecule has 1 aromatic heterocycles. The van der Waals surface area contributed by atoms with Gasteiger partial charge in [-0.1, -0.05) is 20.3 Å². The van der Waals surface area contributed by atoms with E-state index in [0.29, 0.717) is 12.0 Å². The molecule has 0 saturated heterocycles. The van der Waals surface area contributed by atoms with Crippen molar-refractivity contribution in [3.8, 4) is 0 Å². The lowest BCUT2D eigenvalue weighted by Crippen LogP contribution is -2.22. The van der Waals surface area contributed by atoms with Gasteiger partial charge in [0.25, 0.3) is 0 Å². The highest BCUT2D eigenvalue weighted by Crippen LogP contribution is 2.35. The maximum Gasteiger partial charge on any atom is 0.177 e. The second-order valence-electron chi connectivity index (χ2n) is 5.22. The molecule has 4 heteroatoms. The summed E-state index contributed by atoms with van der Waals surface area (Å²) in [5, 5.41) is 0.811. The van der Waals surface area contributed by atoms with Crippen molar-refractivity contribution in [2.45, 2.75) is 56.7 Å². The fourth-order valence-electron chi connectivity index (χ4n) is 2.78. The van der Waals surface area contributed by atoms with Crippen LogP contribution in [0.3, 0.4) is 0 Å². The fourth-order valence-corrected chi connectivity index (χ4v) is 3.91. The summed E-state index contributed by atoms with van der Waals surface area (Å²) in [5.41, 5.74) is 1.36. The molecule has 96 valence electrons. The lowest BCUT2D eigenvalue weighted by Gasteiger charge is -2.30. The van der Waals surface area contributed by atoms with Crippen molar-refractivity contribution in [1.82, 2.24) is 9.55 Å². The van der Waals surface area contributed by atoms with Crippen LogP contribution >= 0.6 is 24.0 Å². The average molecular weight is 270 g/mol. The maximum atomic E-state index is 5.45. The second-order valence-corrected chi connectivity index (χ2v) is 6.75. The molecule has 2 nitrogen and oxygen atoms in total. The van der Waals surface area contributed by atoms with Crippen molar-refractivity contribution in [1.29, 1.82) is 0 Å². The third-order valence-electron chi connectivity index (χ3n) is 3.73. The Labute approximate surface area is 113 Å². The Bertz CT molecular complexity index is 419. The minimum absolute atomic E-state index is 0.539. The Morgan fingerprint density at radius 1 is 1.47 bits per heavy atom. The van der Waals surface area contributed by atoms with E-state index in [9.17, 15) is 0 Å². The van der Waals surface area contributed by atoms with Crippen LogP contribution in [0.5, 0.6) is 0 Å². The molecule has 0 aromatic carbocycles. The number of aromatic nitrogens is 2. The van der Waals surface area contributed by atoms with Crippen molar-refractivity contribution in [2.75, 3.05) is 6.26 Å². The lowest BCUT2D eigenvalue weighted by atomic mass is 9.94. The number of H-pyrrole nitrogens is 1. The Balaban J connectivity index is 2.26. The first-order chi connectivity index (χ1) is 8.13. The van der Waals surface area contributed by atoms with E-state index >= 15 is 0 Å². The molecule has 2 rings (SSSR count). The molecule has 1 N–H and O–H groups in total. The molecular weight excluding hydrogens is 248 g/mol. The Kier molecular flexibility index (Phi) is 4.36. The van der Waals surface area contributed by atoms with Crippen LogP contribution in [0.4, 0.5) is 0 Å². The third-order valence-corrected chi connectivity index (χ3v) is 5.14. The molecular formula is C13H22N2S2. The number of hydrogen-bond acceptors (Lipinski definition) is 2. The number of hydrogen-bond donors (Lipinski definition) is 1. The van der Waals surface area contributed by atoms with Crippen LogP contribution in [0.25, 0.3) is 0 Å². The van der Waals surface area contributed by atoms with Gasteiger partial charge in [0.1, 0.15) is 0 Å². The molecule has 0 radical (unpaired) electrons. The SMILES string of the molecule is CSC1CCCC(n2c(C(C)C)c[nH]c2=S)C1. The zero-order valence-electron chi connectivity index (χ0n) is 10.9. The summed E-state index contributed by atoms with van der Waals surface area (Å²) in [6, 6.07) is 0.609. The zero-order chi connectivity index (χ0) is 12.4. The monoisotopic (exact) mass is 270 g/mol. The van der Waals surface area contributed by atoms with Crippen LogP contribution in [0.15, 0.2) is 6.20 Å². The zero-order valence-corrected chi connectivity index (χ0v) is 12.5. The fraction of sp³-hybridized carbons (Fsp3) is 0.769. The predicted molar refractivity (Wildman–Crippen MR) is 78.5 cm³/mol. The van der Waals surface area contributed by atoms with E-state index in [1.165, 1.54) is 31.4 Å². The molecule has 1 aliphatic carbocycles. The molecule has 1 aliphatic rings. The van der Waals surface area contributed by atoms with E-state index in [1.807, 2.05) is 11.8 Å². The van der Waals surface area contributed by atoms with Crippen LogP contribution in [-0.4, -0.2) is 21.1 Å². The van der Waals surface area contributed by atoms with Gasteiger partial charge >= 0.3 is 0 Å². The van der Waals surface area contributed by atoms with Gasteiger partial charge in [-0.15, -0.1) is 0 Å². The highest BCUT2D eigenvalue weighted by atomic mass is 32.2. The van der Waals surface area contributed by atoms with Crippen LogP contribution < -0.4 is 0 Å². The third kappa shape index (κ3) is 2.79. The Morgan fingerprint density at radius 2 is 2.24 bits per heavy atom. The highest BCUT2D eigenvalue weighted by molar-refractivity contribution is 7.99. The smallest absolute Gasteiger partial charge is 0.177 e. The summed E-state index contributed by atoms with van der Waals surface area (Å²) >= 11 is 7.46. The Morgan fingerprint density at radius 3 is 2.88 bits per heavy atom. The van der Waals surface area contributed by atoms with Gasteiger partial charge in [0.15, 0.2) is 4.77 Å². The normalized spacial score (nSPS) is 25.4. The van der Waals surface area contributed by atoms with Crippen LogP contribution in [-0.2, 0) is 0 Å². The van der Waals surface area contributed by atoms with Crippen molar-refractivity contribution in [3.05, 3.63) is 16.7 Å². The minimum Gasteiger partial charge on any atom is -0.337 e. The van der Waals surface area contributed by atoms with Gasteiger partial charge < -0.3 is 9.55 Å². The summed E-state index contributed by atoms with van der Waals surface area (Å²) in [6.07, 6.45) is 9.57. The molecule has 0 amide bonds. The van der Waals surface area contributed by atoms with E-state index in [-0.39, 0.29) is 0 Å². The van der Waals surface area contributed by atoms with Gasteiger partial charge in [-0.3, -0.25) is 0 Å². The largest absolute Gasteiger partial charge is 0.337 e. The summed E-state index contributed by atoms with van der Waals surface area (Å²) in [7, 11) is 0. The number of imidazole rings is 1. The van der Waals surface area contributed by atoms with Gasteiger partial charge in [0.2, 0.25) is 0 Å². The van der Waals surface area contributed by atoms with Gasteiger partial charge in [0.05, 0.1) is 0 Å². The molecule has 2 atom stereocenters. The van der Waals surface area contributed by atoms with Gasteiger partial charge in [0, 0.05) is 23.2 Å². The van der Waals surface area contributed by atoms with E-state index in [0.717, 1.165) is 10.0 Å². The standard InChI is InChI=1S/C13H22N2S2/c1-9(2)12-8-14-13(16)15(12)10-5-4-6-11(7-10)17-3/h8-11H,4-7H2,1-3H3,(H,14,16). The first-order valence-electron chi connectivity index (χ1n) is 6.46. The van der Waals surface area contributed by atoms with E-state index in [2.05, 4.69) is 35.9 Å². The molecule has 1 aromatic rings. The summed E-state index contributed by atoms with van der Waals surface area (Å²) < 4.78 is 3.28. The topological polar surface area (TPSA) is 20.7 Å². The van der Waals surface area contributed by atoms with E-state index < -0.39 is 0 Å². The molecule has 1 saturated carbocycles. The molecule has 0 bridgehead atoms. The molecule has 1 fully saturated rings. The molecule has 17 heavy (non-hydrogen) atoms. The summed E-state index contributed by atoms with van der Waals surface area (Å²) in [6.45, 7) is 4.48. The van der Waals surface area contributed by atoms with Crippen LogP contribution in [0.2, 0.25) is 0 Å². The number of nitrogens with zero attached hydrogens (tertiary/aromatic N) is 1. The van der Waals surface area contributed by atoms with Crippen LogP contribution in [0, 0.1) is 4.77 Å². The van der Waals surface area contributed by atoms with Crippen molar-refractivity contribution >= 4 is 24.0 Å². The summed E-state index contributed by atoms with van der Waals surface area (Å²) in [4.78, 5) is 3.22. The average Bonchev–Trinajstić information content (AvgIpc) is 2.71. The number of thioether (sulfide) groups is 1. The molecule has 0 spiro atoms.